The second kappa shape index (κ2) is 14.3. The summed E-state index contributed by atoms with van der Waals surface area (Å²) in [5.41, 5.74) is -3.19. The predicted octanol–water partition coefficient (Wildman–Crippen LogP) is -3.95. The molecule has 0 spiro atoms. The number of rotatable bonds is 7. The Hall–Kier alpha value is 2.92. The fourth-order valence-electron chi connectivity index (χ4n) is 1.15. The molecule has 0 aromatic carbocycles. The number of hydrogen-bond donors (Lipinski definition) is 0. The Labute approximate surface area is 152 Å². The van der Waals surface area contributed by atoms with Gasteiger partial charge in [-0.3, -0.25) is 0 Å². The average molecular weight is 301 g/mol. The van der Waals surface area contributed by atoms with Crippen molar-refractivity contribution in [3.8, 4) is 0 Å². The topological polar surface area (TPSA) is 46.1 Å². The van der Waals surface area contributed by atoms with E-state index in [4.69, 9.17) is 0 Å². The molecule has 7 heteroatoms. The first-order valence-corrected chi connectivity index (χ1v) is 10.1. The molecule has 0 bridgehead atoms. The van der Waals surface area contributed by atoms with Crippen molar-refractivity contribution < 1.29 is 68.9 Å². The van der Waals surface area contributed by atoms with Crippen LogP contribution in [0.25, 0.3) is 0 Å². The van der Waals surface area contributed by atoms with Crippen LogP contribution in [0.2, 0.25) is 0 Å². The molecule has 0 aromatic rings. The second-order valence-corrected chi connectivity index (χ2v) is 10.6. The van der Waals surface area contributed by atoms with Crippen LogP contribution in [0.5, 0.6) is 0 Å². The third-order valence-corrected chi connectivity index (χ3v) is 8.65. The van der Waals surface area contributed by atoms with E-state index in [1.165, 1.54) is 12.8 Å². The molecule has 0 saturated carbocycles. The molecule has 0 fully saturated rings. The molecule has 0 heterocycles. The maximum Gasteiger partial charge on any atom is 1.00 e. The maximum absolute atomic E-state index is 11.2. The Morgan fingerprint density at radius 1 is 1.25 bits per heavy atom. The average Bonchev–Trinajstić information content (AvgIpc) is 2.18. The van der Waals surface area contributed by atoms with Crippen LogP contribution in [0.4, 0.5) is 0 Å². The summed E-state index contributed by atoms with van der Waals surface area (Å²) in [6.07, 6.45) is 6.28. The van der Waals surface area contributed by atoms with Gasteiger partial charge in [-0.05, 0) is 19.1 Å². The summed E-state index contributed by atoms with van der Waals surface area (Å²) in [6, 6.07) is 0. The fourth-order valence-corrected chi connectivity index (χ4v) is 5.04. The van der Waals surface area contributed by atoms with Gasteiger partial charge in [0.05, 0.1) is 0 Å². The van der Waals surface area contributed by atoms with Gasteiger partial charge in [-0.2, -0.15) is 0 Å². The Kier molecular flexibility index (Phi) is 21.5. The van der Waals surface area contributed by atoms with E-state index in [0.717, 1.165) is 40.9 Å². The van der Waals surface area contributed by atoms with Gasteiger partial charge in [-0.25, -0.2) is 0 Å². The van der Waals surface area contributed by atoms with Gasteiger partial charge < -0.3 is 9.79 Å². The minimum atomic E-state index is -3.19. The van der Waals surface area contributed by atoms with Gasteiger partial charge in [-0.15, -0.1) is 11.4 Å². The van der Waals surface area contributed by atoms with Crippen molar-refractivity contribution in [2.45, 2.75) is 39.5 Å². The molecule has 1 atom stereocenters. The molecule has 0 aliphatic heterocycles. The first kappa shape index (κ1) is 24.0. The van der Waals surface area contributed by atoms with Gasteiger partial charge in [0.15, 0.2) is 5.75 Å². The molecule has 0 aliphatic carbocycles. The van der Waals surface area contributed by atoms with Crippen LogP contribution in [-0.4, -0.2) is 12.0 Å². The van der Waals surface area contributed by atoms with Crippen LogP contribution in [0.15, 0.2) is 0 Å². The molecule has 2 nitrogen and oxygen atoms in total. The van der Waals surface area contributed by atoms with Crippen molar-refractivity contribution in [1.82, 2.24) is 0 Å². The van der Waals surface area contributed by atoms with Crippen LogP contribution < -0.4 is 68.9 Å². The first-order valence-electron chi connectivity index (χ1n) is 5.07. The predicted molar refractivity (Wildman–Crippen MR) is 66.0 cm³/mol. The molecule has 0 amide bonds. The van der Waals surface area contributed by atoms with Crippen LogP contribution in [-0.2, 0) is 10.9 Å². The maximum atomic E-state index is 11.2. The largest absolute Gasteiger partial charge is 1.00 e. The molecule has 0 radical (unpaired) electrons. The van der Waals surface area contributed by atoms with Gasteiger partial charge in [0.1, 0.15) is 10.9 Å². The molecule has 16 heavy (non-hydrogen) atoms. The standard InChI is InChI=1S/C9H20O2PS2.2Na/c1-4-6-7-9(5-2)8-14-12(10,11)13-3;;/h9H,4-8H2,1-3H3;;/q-1;2*+1. The summed E-state index contributed by atoms with van der Waals surface area (Å²) in [5, 5.41) is 0. The van der Waals surface area contributed by atoms with E-state index in [2.05, 4.69) is 13.8 Å². The van der Waals surface area contributed by atoms with Crippen LogP contribution in [0, 0.1) is 5.92 Å². The molecule has 1 unspecified atom stereocenters. The van der Waals surface area contributed by atoms with E-state index in [1.807, 2.05) is 0 Å². The van der Waals surface area contributed by atoms with Crippen molar-refractivity contribution in [3.63, 3.8) is 0 Å². The Morgan fingerprint density at radius 3 is 2.19 bits per heavy atom. The molecular formula is C9H20Na2O2PS2+. The van der Waals surface area contributed by atoms with Gasteiger partial charge in [0.25, 0.3) is 0 Å². The molecular weight excluding hydrogens is 281 g/mol. The fraction of sp³-hybridized carbons (Fsp3) is 1.00. The van der Waals surface area contributed by atoms with E-state index >= 15 is 0 Å². The normalized spacial score (nSPS) is 12.3. The minimum absolute atomic E-state index is 0. The molecule has 0 aromatic heterocycles. The summed E-state index contributed by atoms with van der Waals surface area (Å²) in [7, 11) is 1.12. The number of unbranched alkanes of at least 4 members (excludes halogenated alkanes) is 1. The van der Waals surface area contributed by atoms with E-state index in [0.29, 0.717) is 5.92 Å². The van der Waals surface area contributed by atoms with Crippen molar-refractivity contribution in [2.24, 2.45) is 5.92 Å². The van der Waals surface area contributed by atoms with Crippen molar-refractivity contribution in [3.05, 3.63) is 0 Å². The second-order valence-electron chi connectivity index (χ2n) is 3.34. The zero-order valence-corrected chi connectivity index (χ0v) is 17.7. The van der Waals surface area contributed by atoms with Crippen LogP contribution in [0.1, 0.15) is 39.5 Å². The van der Waals surface area contributed by atoms with E-state index in [-0.39, 0.29) is 59.1 Å². The van der Waals surface area contributed by atoms with Crippen LogP contribution in [0.3, 0.4) is 0 Å². The molecule has 0 rings (SSSR count). The Morgan fingerprint density at radius 2 is 1.81 bits per heavy atom. The summed E-state index contributed by atoms with van der Waals surface area (Å²) in [6.45, 7) is 4.30. The SMILES string of the molecule is CCCCC(CC)C[S+]=P([O-])([O-])SC.[Na+].[Na+]. The third kappa shape index (κ3) is 13.4. The van der Waals surface area contributed by atoms with Gasteiger partial charge >= 0.3 is 59.1 Å². The molecule has 86 valence electrons. The van der Waals surface area contributed by atoms with Crippen LogP contribution >= 0.6 is 17.1 Å². The molecule has 0 aliphatic rings. The zero-order chi connectivity index (χ0) is 11.0. The smallest absolute Gasteiger partial charge is 0.790 e. The van der Waals surface area contributed by atoms with E-state index in [9.17, 15) is 9.79 Å². The summed E-state index contributed by atoms with van der Waals surface area (Å²) >= 11 is 0.966. The zero-order valence-electron chi connectivity index (χ0n) is 11.2. The van der Waals surface area contributed by atoms with Crippen molar-refractivity contribution in [2.75, 3.05) is 12.0 Å². The van der Waals surface area contributed by atoms with Gasteiger partial charge in [0.2, 0.25) is 0 Å². The quantitative estimate of drug-likeness (QED) is 0.274. The summed E-state index contributed by atoms with van der Waals surface area (Å²) < 4.78 is 0. The van der Waals surface area contributed by atoms with Crippen molar-refractivity contribution >= 4 is 28.0 Å². The Balaban J connectivity index is -0.000000845. The van der Waals surface area contributed by atoms with Gasteiger partial charge in [-0.1, -0.05) is 26.7 Å². The van der Waals surface area contributed by atoms with Crippen molar-refractivity contribution in [1.29, 1.82) is 0 Å². The monoisotopic (exact) mass is 301 g/mol. The molecule has 0 saturated heterocycles. The third-order valence-electron chi connectivity index (χ3n) is 2.24. The first-order chi connectivity index (χ1) is 6.55. The van der Waals surface area contributed by atoms with E-state index in [1.54, 1.807) is 6.26 Å². The molecule has 0 N–H and O–H groups in total. The van der Waals surface area contributed by atoms with E-state index < -0.39 is 5.69 Å². The Bertz CT molecular complexity index is 200. The number of hydrogen-bond acceptors (Lipinski definition) is 3. The van der Waals surface area contributed by atoms with Gasteiger partial charge in [0, 0.05) is 11.6 Å². The minimum Gasteiger partial charge on any atom is -0.790 e. The summed E-state index contributed by atoms with van der Waals surface area (Å²) in [4.78, 5) is 22.5. The summed E-state index contributed by atoms with van der Waals surface area (Å²) in [5.74, 6) is 1.33.